The number of pyridine rings is 1. The monoisotopic (exact) mass is 515 g/mol. The highest BCUT2D eigenvalue weighted by atomic mass is 35.5. The van der Waals surface area contributed by atoms with E-state index in [0.29, 0.717) is 37.5 Å². The summed E-state index contributed by atoms with van der Waals surface area (Å²) in [5.74, 6) is -0.865. The number of rotatable bonds is 5. The van der Waals surface area contributed by atoms with E-state index in [-0.39, 0.29) is 26.7 Å². The molecule has 3 heterocycles. The van der Waals surface area contributed by atoms with Gasteiger partial charge in [0, 0.05) is 30.4 Å². The minimum absolute atomic E-state index is 0.0351. The molecule has 0 bridgehead atoms. The fourth-order valence-electron chi connectivity index (χ4n) is 3.78. The average Bonchev–Trinajstić information content (AvgIpc) is 3.29. The highest BCUT2D eigenvalue weighted by Crippen LogP contribution is 2.26. The Morgan fingerprint density at radius 1 is 1.09 bits per heavy atom. The number of halogens is 2. The van der Waals surface area contributed by atoms with Crippen LogP contribution < -0.4 is 10.2 Å². The smallest absolute Gasteiger partial charge is 0.285 e. The van der Waals surface area contributed by atoms with Crippen LogP contribution in [0.25, 0.3) is 10.9 Å². The van der Waals surface area contributed by atoms with Crippen LogP contribution in [0.4, 0.5) is 15.9 Å². The third-order valence-corrected chi connectivity index (χ3v) is 7.47. The number of morpholine rings is 1. The van der Waals surface area contributed by atoms with Gasteiger partial charge < -0.3 is 15.0 Å². The molecule has 2 aromatic heterocycles. The molecular formula is C23H19ClFN5O4S. The number of aromatic nitrogens is 3. The van der Waals surface area contributed by atoms with E-state index in [1.807, 2.05) is 4.90 Å². The largest absolute Gasteiger partial charge is 0.378 e. The highest BCUT2D eigenvalue weighted by Gasteiger charge is 2.23. The fourth-order valence-corrected chi connectivity index (χ4v) is 5.24. The highest BCUT2D eigenvalue weighted by molar-refractivity contribution is 7.90. The quantitative estimate of drug-likeness (QED) is 0.433. The van der Waals surface area contributed by atoms with Gasteiger partial charge in [0.05, 0.1) is 35.5 Å². The van der Waals surface area contributed by atoms with Gasteiger partial charge in [-0.1, -0.05) is 17.7 Å². The van der Waals surface area contributed by atoms with Crippen LogP contribution in [0.1, 0.15) is 10.4 Å². The van der Waals surface area contributed by atoms with Crippen molar-refractivity contribution in [1.82, 2.24) is 14.2 Å². The lowest BCUT2D eigenvalue weighted by molar-refractivity contribution is 0.102. The lowest BCUT2D eigenvalue weighted by Crippen LogP contribution is -2.36. The molecule has 1 aliphatic rings. The van der Waals surface area contributed by atoms with E-state index in [9.17, 15) is 17.6 Å². The van der Waals surface area contributed by atoms with E-state index in [1.165, 1.54) is 36.7 Å². The number of nitrogens with one attached hydrogen (secondary N) is 1. The van der Waals surface area contributed by atoms with E-state index in [0.717, 1.165) is 10.2 Å². The molecule has 0 aliphatic carbocycles. The number of nitrogens with zero attached hydrogens (tertiary/aromatic N) is 4. The molecule has 1 aliphatic heterocycles. The van der Waals surface area contributed by atoms with E-state index >= 15 is 0 Å². The minimum atomic E-state index is -4.07. The maximum atomic E-state index is 14.1. The molecule has 0 atom stereocenters. The fraction of sp³-hybridized carbons (Fsp3) is 0.174. The van der Waals surface area contributed by atoms with Gasteiger partial charge in [0.25, 0.3) is 15.9 Å². The second-order valence-corrected chi connectivity index (χ2v) is 9.94. The van der Waals surface area contributed by atoms with Gasteiger partial charge in [-0.3, -0.25) is 4.79 Å². The van der Waals surface area contributed by atoms with Crippen LogP contribution in [0.3, 0.4) is 0 Å². The molecule has 1 amide bonds. The zero-order valence-corrected chi connectivity index (χ0v) is 19.8. The lowest BCUT2D eigenvalue weighted by Gasteiger charge is -2.27. The van der Waals surface area contributed by atoms with Gasteiger partial charge in [-0.25, -0.2) is 9.37 Å². The number of carbonyl (C=O) groups excluding carboxylic acids is 1. The molecule has 2 aromatic carbocycles. The predicted octanol–water partition coefficient (Wildman–Crippen LogP) is 3.55. The third-order valence-electron chi connectivity index (χ3n) is 5.57. The van der Waals surface area contributed by atoms with Gasteiger partial charge in [-0.05, 0) is 42.5 Å². The molecule has 180 valence electrons. The number of hydrogen-bond acceptors (Lipinski definition) is 7. The van der Waals surface area contributed by atoms with Crippen molar-refractivity contribution in [2.24, 2.45) is 0 Å². The minimum Gasteiger partial charge on any atom is -0.378 e. The van der Waals surface area contributed by atoms with Crippen LogP contribution in [0.2, 0.25) is 5.02 Å². The van der Waals surface area contributed by atoms with Crippen LogP contribution in [-0.2, 0) is 14.8 Å². The topological polar surface area (TPSA) is 106 Å². The number of benzene rings is 2. The third kappa shape index (κ3) is 4.45. The summed E-state index contributed by atoms with van der Waals surface area (Å²) >= 11 is 5.97. The van der Waals surface area contributed by atoms with Gasteiger partial charge in [0.2, 0.25) is 0 Å². The second kappa shape index (κ2) is 9.25. The number of hydrogen-bond donors (Lipinski definition) is 1. The van der Waals surface area contributed by atoms with E-state index in [2.05, 4.69) is 15.4 Å². The number of carbonyl (C=O) groups is 1. The maximum absolute atomic E-state index is 14.1. The Balaban J connectivity index is 1.44. The summed E-state index contributed by atoms with van der Waals surface area (Å²) in [5.41, 5.74) is 0.182. The molecule has 0 radical (unpaired) electrons. The van der Waals surface area contributed by atoms with Crippen LogP contribution >= 0.6 is 11.6 Å². The lowest BCUT2D eigenvalue weighted by atomic mass is 10.2. The van der Waals surface area contributed by atoms with Crippen molar-refractivity contribution in [2.45, 2.75) is 4.90 Å². The first-order chi connectivity index (χ1) is 16.8. The Kier molecular flexibility index (Phi) is 6.13. The molecule has 1 saturated heterocycles. The van der Waals surface area contributed by atoms with E-state index in [4.69, 9.17) is 16.3 Å². The molecule has 35 heavy (non-hydrogen) atoms. The van der Waals surface area contributed by atoms with Gasteiger partial charge in [0.15, 0.2) is 0 Å². The Hall–Kier alpha value is -3.54. The first-order valence-electron chi connectivity index (χ1n) is 10.6. The second-order valence-electron chi connectivity index (χ2n) is 7.77. The van der Waals surface area contributed by atoms with Crippen molar-refractivity contribution in [3.05, 3.63) is 77.3 Å². The van der Waals surface area contributed by atoms with Crippen LogP contribution in [0, 0.1) is 5.82 Å². The normalized spacial score (nSPS) is 14.3. The van der Waals surface area contributed by atoms with Crippen LogP contribution in [0.15, 0.2) is 65.8 Å². The SMILES string of the molecule is O=C(Nc1ccc2cnn(S(=O)(=O)c3ccc(N4CCOCC4)nc3)c2c1)c1c(F)cccc1Cl. The summed E-state index contributed by atoms with van der Waals surface area (Å²) in [5, 5.41) is 7.10. The molecule has 5 rings (SSSR count). The van der Waals surface area contributed by atoms with Crippen molar-refractivity contribution in [1.29, 1.82) is 0 Å². The van der Waals surface area contributed by atoms with Gasteiger partial charge >= 0.3 is 0 Å². The molecule has 0 spiro atoms. The van der Waals surface area contributed by atoms with E-state index < -0.39 is 21.7 Å². The number of fused-ring (bicyclic) bond motifs is 1. The average molecular weight is 516 g/mol. The van der Waals surface area contributed by atoms with Gasteiger partial charge in [-0.2, -0.15) is 17.6 Å². The zero-order chi connectivity index (χ0) is 24.6. The maximum Gasteiger partial charge on any atom is 0.285 e. The zero-order valence-electron chi connectivity index (χ0n) is 18.2. The molecule has 1 N–H and O–H groups in total. The van der Waals surface area contributed by atoms with Crippen LogP contribution in [-0.4, -0.2) is 54.8 Å². The van der Waals surface area contributed by atoms with Gasteiger partial charge in [-0.15, -0.1) is 0 Å². The summed E-state index contributed by atoms with van der Waals surface area (Å²) in [6.07, 6.45) is 2.70. The predicted molar refractivity (Wildman–Crippen MR) is 129 cm³/mol. The standard InChI is InChI=1S/C23H19ClFN5O4S/c24-18-2-1-3-19(25)22(18)23(31)28-16-5-4-15-13-27-30(20(15)12-16)35(32,33)17-6-7-21(26-14-17)29-8-10-34-11-9-29/h1-7,12-14H,8-11H2,(H,28,31). The van der Waals surface area contributed by atoms with Crippen molar-refractivity contribution >= 4 is 49.9 Å². The van der Waals surface area contributed by atoms with Crippen molar-refractivity contribution in [3.8, 4) is 0 Å². The van der Waals surface area contributed by atoms with Gasteiger partial charge in [0.1, 0.15) is 16.5 Å². The van der Waals surface area contributed by atoms with Crippen molar-refractivity contribution < 1.29 is 22.3 Å². The molecular weight excluding hydrogens is 497 g/mol. The number of amides is 1. The summed E-state index contributed by atoms with van der Waals surface area (Å²) < 4.78 is 46.9. The van der Waals surface area contributed by atoms with Crippen LogP contribution in [0.5, 0.6) is 0 Å². The van der Waals surface area contributed by atoms with Crippen molar-refractivity contribution in [2.75, 3.05) is 36.5 Å². The molecule has 0 unspecified atom stereocenters. The Labute approximate surface area is 205 Å². The Morgan fingerprint density at radius 3 is 2.60 bits per heavy atom. The Morgan fingerprint density at radius 2 is 1.89 bits per heavy atom. The molecule has 9 nitrogen and oxygen atoms in total. The Bertz CT molecular complexity index is 1500. The van der Waals surface area contributed by atoms with Crippen molar-refractivity contribution in [3.63, 3.8) is 0 Å². The summed E-state index contributed by atoms with van der Waals surface area (Å²) in [6, 6.07) is 11.7. The summed E-state index contributed by atoms with van der Waals surface area (Å²) in [7, 11) is -4.07. The molecule has 0 saturated carbocycles. The molecule has 4 aromatic rings. The summed E-state index contributed by atoms with van der Waals surface area (Å²) in [4.78, 5) is 18.9. The summed E-state index contributed by atoms with van der Waals surface area (Å²) in [6.45, 7) is 2.52. The first-order valence-corrected chi connectivity index (χ1v) is 12.4. The number of anilines is 2. The first kappa shape index (κ1) is 23.2. The van der Waals surface area contributed by atoms with E-state index in [1.54, 1.807) is 18.2 Å². The molecule has 1 fully saturated rings. The molecule has 12 heteroatoms. The number of ether oxygens (including phenoxy) is 1.